The van der Waals surface area contributed by atoms with Gasteiger partial charge in [0.1, 0.15) is 0 Å². The Morgan fingerprint density at radius 2 is 2.29 bits per heavy atom. The minimum atomic E-state index is 0.608. The average Bonchev–Trinajstić information content (AvgIpc) is 2.82. The lowest BCUT2D eigenvalue weighted by molar-refractivity contribution is 0.145. The quantitative estimate of drug-likeness (QED) is 0.519. The number of hydrogen-bond donors (Lipinski definition) is 2. The van der Waals surface area contributed by atoms with Crippen LogP contribution in [0.5, 0.6) is 0 Å². The van der Waals surface area contributed by atoms with E-state index in [2.05, 4.69) is 20.8 Å². The van der Waals surface area contributed by atoms with Gasteiger partial charge in [-0.3, -0.25) is 0 Å². The zero-order chi connectivity index (χ0) is 12.3. The van der Waals surface area contributed by atoms with Gasteiger partial charge in [0.15, 0.2) is 11.4 Å². The van der Waals surface area contributed by atoms with Crippen molar-refractivity contribution in [2.45, 2.75) is 19.8 Å². The summed E-state index contributed by atoms with van der Waals surface area (Å²) in [5.74, 6) is 0.608. The summed E-state index contributed by atoms with van der Waals surface area (Å²) in [5, 5.41) is 10.3. The average molecular weight is 258 g/mol. The molecule has 0 aliphatic carbocycles. The molecule has 0 saturated heterocycles. The van der Waals surface area contributed by atoms with Gasteiger partial charge in [-0.25, -0.2) is 0 Å². The molecule has 0 fully saturated rings. The fourth-order valence-corrected chi connectivity index (χ4v) is 1.38. The van der Waals surface area contributed by atoms with Crippen molar-refractivity contribution in [2.75, 3.05) is 26.3 Å². The molecular weight excluding hydrogens is 240 g/mol. The molecule has 6 nitrogen and oxygen atoms in total. The predicted octanol–water partition coefficient (Wildman–Crippen LogP) is 0.503. The summed E-state index contributed by atoms with van der Waals surface area (Å²) in [7, 11) is 0. The standard InChI is InChI=1S/C10H18N4O2S/c1-2-15-7-3-5-11-10(17)12-6-4-9-13-8-14-16-9/h8H,2-7H2,1H3,(H2,11,12,17). The first-order chi connectivity index (χ1) is 8.33. The van der Waals surface area contributed by atoms with Crippen molar-refractivity contribution in [1.82, 2.24) is 20.8 Å². The Bertz CT molecular complexity index is 305. The summed E-state index contributed by atoms with van der Waals surface area (Å²) in [6.45, 7) is 4.99. The Morgan fingerprint density at radius 3 is 3.00 bits per heavy atom. The van der Waals surface area contributed by atoms with E-state index in [0.717, 1.165) is 26.2 Å². The first-order valence-corrected chi connectivity index (χ1v) is 6.08. The van der Waals surface area contributed by atoms with Crippen LogP contribution in [-0.4, -0.2) is 41.6 Å². The maximum absolute atomic E-state index is 5.21. The first kappa shape index (κ1) is 13.9. The van der Waals surface area contributed by atoms with E-state index >= 15 is 0 Å². The third-order valence-corrected chi connectivity index (χ3v) is 2.28. The summed E-state index contributed by atoms with van der Waals surface area (Å²) < 4.78 is 10.1. The Hall–Kier alpha value is -1.21. The highest BCUT2D eigenvalue weighted by Crippen LogP contribution is 1.90. The molecule has 1 aromatic rings. The molecule has 7 heteroatoms. The zero-order valence-electron chi connectivity index (χ0n) is 9.94. The summed E-state index contributed by atoms with van der Waals surface area (Å²) in [6.07, 6.45) is 3.00. The van der Waals surface area contributed by atoms with E-state index in [9.17, 15) is 0 Å². The molecule has 0 atom stereocenters. The Kier molecular flexibility index (Phi) is 7.24. The third-order valence-electron chi connectivity index (χ3n) is 1.99. The molecule has 96 valence electrons. The molecule has 2 N–H and O–H groups in total. The van der Waals surface area contributed by atoms with Gasteiger partial charge in [-0.1, -0.05) is 5.16 Å². The molecule has 0 aliphatic heterocycles. The van der Waals surface area contributed by atoms with Crippen LogP contribution < -0.4 is 10.6 Å². The molecule has 0 aromatic carbocycles. The van der Waals surface area contributed by atoms with Gasteiger partial charge in [0.2, 0.25) is 5.89 Å². The molecule has 0 amide bonds. The zero-order valence-corrected chi connectivity index (χ0v) is 10.8. The largest absolute Gasteiger partial charge is 0.382 e. The number of thiocarbonyl (C=S) groups is 1. The molecule has 0 radical (unpaired) electrons. The van der Waals surface area contributed by atoms with Gasteiger partial charge >= 0.3 is 0 Å². The van der Waals surface area contributed by atoms with Crippen LogP contribution >= 0.6 is 12.2 Å². The van der Waals surface area contributed by atoms with Crippen LogP contribution in [0.25, 0.3) is 0 Å². The van der Waals surface area contributed by atoms with Crippen LogP contribution in [0.2, 0.25) is 0 Å². The number of rotatable bonds is 8. The monoisotopic (exact) mass is 258 g/mol. The summed E-state index contributed by atoms with van der Waals surface area (Å²) >= 11 is 5.10. The highest BCUT2D eigenvalue weighted by atomic mass is 32.1. The molecular formula is C10H18N4O2S. The van der Waals surface area contributed by atoms with Crippen LogP contribution in [0.1, 0.15) is 19.2 Å². The lowest BCUT2D eigenvalue weighted by Crippen LogP contribution is -2.37. The SMILES string of the molecule is CCOCCCNC(=S)NCCc1ncno1. The smallest absolute Gasteiger partial charge is 0.228 e. The van der Waals surface area contributed by atoms with Crippen LogP contribution in [0.15, 0.2) is 10.9 Å². The van der Waals surface area contributed by atoms with E-state index in [0.29, 0.717) is 24.0 Å². The molecule has 0 bridgehead atoms. The van der Waals surface area contributed by atoms with Crippen molar-refractivity contribution in [2.24, 2.45) is 0 Å². The Balaban J connectivity index is 1.94. The third kappa shape index (κ3) is 6.85. The van der Waals surface area contributed by atoms with E-state index in [1.54, 1.807) is 0 Å². The van der Waals surface area contributed by atoms with E-state index in [1.165, 1.54) is 6.33 Å². The van der Waals surface area contributed by atoms with Crippen LogP contribution in [0, 0.1) is 0 Å². The van der Waals surface area contributed by atoms with Crippen molar-refractivity contribution in [3.8, 4) is 0 Å². The molecule has 0 spiro atoms. The van der Waals surface area contributed by atoms with Gasteiger partial charge in [-0.05, 0) is 25.6 Å². The Labute approximate surface area is 106 Å². The lowest BCUT2D eigenvalue weighted by atomic mass is 10.4. The highest BCUT2D eigenvalue weighted by molar-refractivity contribution is 7.80. The second kappa shape index (κ2) is 8.89. The van der Waals surface area contributed by atoms with Gasteiger partial charge in [0.05, 0.1) is 0 Å². The van der Waals surface area contributed by atoms with E-state index in [-0.39, 0.29) is 0 Å². The molecule has 0 unspecified atom stereocenters. The van der Waals surface area contributed by atoms with Gasteiger partial charge in [-0.2, -0.15) is 4.98 Å². The number of ether oxygens (including phenoxy) is 1. The van der Waals surface area contributed by atoms with Gasteiger partial charge in [0.25, 0.3) is 0 Å². The Morgan fingerprint density at radius 1 is 1.47 bits per heavy atom. The minimum Gasteiger partial charge on any atom is -0.382 e. The fourth-order valence-electron chi connectivity index (χ4n) is 1.17. The maximum Gasteiger partial charge on any atom is 0.228 e. The van der Waals surface area contributed by atoms with Crippen molar-refractivity contribution in [3.63, 3.8) is 0 Å². The van der Waals surface area contributed by atoms with Crippen molar-refractivity contribution in [1.29, 1.82) is 0 Å². The van der Waals surface area contributed by atoms with E-state index in [4.69, 9.17) is 21.5 Å². The molecule has 1 aromatic heterocycles. The highest BCUT2D eigenvalue weighted by Gasteiger charge is 1.99. The second-order valence-electron chi connectivity index (χ2n) is 3.32. The number of hydrogen-bond acceptors (Lipinski definition) is 5. The number of nitrogens with one attached hydrogen (secondary N) is 2. The lowest BCUT2D eigenvalue weighted by Gasteiger charge is -2.09. The van der Waals surface area contributed by atoms with Crippen LogP contribution in [-0.2, 0) is 11.2 Å². The van der Waals surface area contributed by atoms with Crippen molar-refractivity contribution >= 4 is 17.3 Å². The summed E-state index contributed by atoms with van der Waals surface area (Å²) in [4.78, 5) is 3.91. The molecule has 0 saturated carbocycles. The number of aromatic nitrogens is 2. The summed E-state index contributed by atoms with van der Waals surface area (Å²) in [6, 6.07) is 0. The predicted molar refractivity (Wildman–Crippen MR) is 67.7 cm³/mol. The topological polar surface area (TPSA) is 72.2 Å². The normalized spacial score (nSPS) is 10.2. The first-order valence-electron chi connectivity index (χ1n) is 5.68. The van der Waals surface area contributed by atoms with Crippen molar-refractivity contribution < 1.29 is 9.26 Å². The number of nitrogens with zero attached hydrogens (tertiary/aromatic N) is 2. The van der Waals surface area contributed by atoms with Gasteiger partial charge in [0, 0.05) is 32.7 Å². The molecule has 1 rings (SSSR count). The molecule has 0 aliphatic rings. The molecule has 17 heavy (non-hydrogen) atoms. The van der Waals surface area contributed by atoms with Gasteiger partial charge < -0.3 is 19.9 Å². The van der Waals surface area contributed by atoms with Crippen LogP contribution in [0.3, 0.4) is 0 Å². The van der Waals surface area contributed by atoms with E-state index in [1.807, 2.05) is 6.92 Å². The maximum atomic E-state index is 5.21. The van der Waals surface area contributed by atoms with E-state index < -0.39 is 0 Å². The molecule has 1 heterocycles. The van der Waals surface area contributed by atoms with Crippen LogP contribution in [0.4, 0.5) is 0 Å². The minimum absolute atomic E-state index is 0.608. The van der Waals surface area contributed by atoms with Crippen molar-refractivity contribution in [3.05, 3.63) is 12.2 Å². The van der Waals surface area contributed by atoms with Gasteiger partial charge in [-0.15, -0.1) is 0 Å². The fraction of sp³-hybridized carbons (Fsp3) is 0.700. The second-order valence-corrected chi connectivity index (χ2v) is 3.73. The summed E-state index contributed by atoms with van der Waals surface area (Å²) in [5.41, 5.74) is 0.